The molecule has 3 heterocycles. The van der Waals surface area contributed by atoms with Gasteiger partial charge in [-0.2, -0.15) is 0 Å². The summed E-state index contributed by atoms with van der Waals surface area (Å²) < 4.78 is 6.04. The number of ether oxygens (including phenoxy) is 1. The highest BCUT2D eigenvalue weighted by Gasteiger charge is 2.46. The molecular weight excluding hydrogens is 422 g/mol. The van der Waals surface area contributed by atoms with Crippen molar-refractivity contribution >= 4 is 0 Å². The smallest absolute Gasteiger partial charge is 0.255 e. The Kier molecular flexibility index (Phi) is 5.49. The van der Waals surface area contributed by atoms with Crippen molar-refractivity contribution in [3.63, 3.8) is 0 Å². The van der Waals surface area contributed by atoms with Gasteiger partial charge >= 0.3 is 0 Å². The molecule has 1 aromatic heterocycles. The van der Waals surface area contributed by atoms with Gasteiger partial charge in [-0.15, -0.1) is 0 Å². The summed E-state index contributed by atoms with van der Waals surface area (Å²) in [6.07, 6.45) is 11.7. The molecule has 5 nitrogen and oxygen atoms in total. The van der Waals surface area contributed by atoms with Gasteiger partial charge < -0.3 is 14.6 Å². The lowest BCUT2D eigenvalue weighted by molar-refractivity contribution is -0.927. The number of quaternary nitrogens is 1. The first-order chi connectivity index (χ1) is 16.4. The molecule has 0 amide bonds. The van der Waals surface area contributed by atoms with Gasteiger partial charge in [0.15, 0.2) is 5.82 Å². The van der Waals surface area contributed by atoms with E-state index in [1.165, 1.54) is 43.2 Å². The van der Waals surface area contributed by atoms with Gasteiger partial charge in [0.05, 0.1) is 29.9 Å². The maximum absolute atomic E-state index is 13.7. The number of aromatic nitrogens is 2. The molecule has 2 aromatic rings. The molecule has 1 saturated carbocycles. The molecule has 3 fully saturated rings. The first-order valence-corrected chi connectivity index (χ1v) is 13.6. The molecule has 5 heteroatoms. The molecule has 34 heavy (non-hydrogen) atoms. The lowest BCUT2D eigenvalue weighted by atomic mass is 9.62. The van der Waals surface area contributed by atoms with Crippen molar-refractivity contribution in [1.82, 2.24) is 9.97 Å². The molecular formula is C29H40N3O2+. The van der Waals surface area contributed by atoms with Crippen molar-refractivity contribution in [3.05, 3.63) is 51.6 Å². The van der Waals surface area contributed by atoms with E-state index >= 15 is 0 Å². The summed E-state index contributed by atoms with van der Waals surface area (Å²) in [7, 11) is 0. The van der Waals surface area contributed by atoms with E-state index in [1.54, 1.807) is 4.90 Å². The molecule has 6 rings (SSSR count). The van der Waals surface area contributed by atoms with Crippen LogP contribution in [0.1, 0.15) is 88.6 Å². The van der Waals surface area contributed by atoms with Crippen molar-refractivity contribution in [3.8, 4) is 11.3 Å². The number of piperidine rings is 1. The molecule has 4 aliphatic rings. The van der Waals surface area contributed by atoms with Crippen molar-refractivity contribution < 1.29 is 9.64 Å². The minimum absolute atomic E-state index is 0.0306. The van der Waals surface area contributed by atoms with Crippen LogP contribution in [0.3, 0.4) is 0 Å². The van der Waals surface area contributed by atoms with E-state index in [0.717, 1.165) is 75.4 Å². The predicted molar refractivity (Wildman–Crippen MR) is 134 cm³/mol. The summed E-state index contributed by atoms with van der Waals surface area (Å²) in [4.78, 5) is 23.7. The van der Waals surface area contributed by atoms with E-state index in [4.69, 9.17) is 9.72 Å². The first kappa shape index (κ1) is 22.5. The van der Waals surface area contributed by atoms with E-state index in [2.05, 4.69) is 43.1 Å². The number of fused-ring (bicyclic) bond motifs is 4. The van der Waals surface area contributed by atoms with Gasteiger partial charge in [0, 0.05) is 23.0 Å². The van der Waals surface area contributed by atoms with Gasteiger partial charge in [-0.3, -0.25) is 4.79 Å². The van der Waals surface area contributed by atoms with Crippen molar-refractivity contribution in [1.29, 1.82) is 0 Å². The zero-order valence-corrected chi connectivity index (χ0v) is 21.0. The van der Waals surface area contributed by atoms with Crippen LogP contribution in [0.4, 0.5) is 0 Å². The van der Waals surface area contributed by atoms with E-state index in [1.807, 2.05) is 0 Å². The quantitative estimate of drug-likeness (QED) is 0.711. The van der Waals surface area contributed by atoms with Gasteiger partial charge in [-0.1, -0.05) is 43.5 Å². The highest BCUT2D eigenvalue weighted by atomic mass is 16.5. The highest BCUT2D eigenvalue weighted by Crippen LogP contribution is 2.48. The molecule has 182 valence electrons. The van der Waals surface area contributed by atoms with Crippen LogP contribution in [0.25, 0.3) is 11.3 Å². The van der Waals surface area contributed by atoms with Crippen molar-refractivity contribution in [2.24, 2.45) is 5.41 Å². The average Bonchev–Trinajstić information content (AvgIpc) is 2.78. The Morgan fingerprint density at radius 2 is 1.88 bits per heavy atom. The number of benzene rings is 1. The number of hydrogen-bond acceptors (Lipinski definition) is 3. The predicted octanol–water partition coefficient (Wildman–Crippen LogP) is 3.95. The zero-order chi connectivity index (χ0) is 23.4. The molecule has 2 spiro atoms. The summed E-state index contributed by atoms with van der Waals surface area (Å²) in [6, 6.07) is 8.66. The van der Waals surface area contributed by atoms with Crippen LogP contribution in [-0.2, 0) is 23.1 Å². The molecule has 2 aliphatic heterocycles. The molecule has 0 bridgehead atoms. The van der Waals surface area contributed by atoms with Crippen LogP contribution in [-0.4, -0.2) is 35.3 Å². The van der Waals surface area contributed by atoms with Crippen LogP contribution in [0.2, 0.25) is 0 Å². The lowest BCUT2D eigenvalue weighted by Gasteiger charge is -2.48. The number of likely N-dealkylation sites (tertiary alicyclic amines) is 1. The number of rotatable bonds is 2. The lowest BCUT2D eigenvalue weighted by Crippen LogP contribution is -3.13. The minimum Gasteiger partial charge on any atom is -0.376 e. The fraction of sp³-hybridized carbons (Fsp3) is 0.655. The number of aromatic amines is 1. The maximum atomic E-state index is 13.7. The Bertz CT molecular complexity index is 1130. The molecule has 1 unspecified atom stereocenters. The average molecular weight is 463 g/mol. The maximum Gasteiger partial charge on any atom is 0.255 e. The second-order valence-electron chi connectivity index (χ2n) is 12.4. The van der Waals surface area contributed by atoms with Gasteiger partial charge in [-0.05, 0) is 64.4 Å². The fourth-order valence-corrected chi connectivity index (χ4v) is 8.06. The molecule has 2 saturated heterocycles. The van der Waals surface area contributed by atoms with Crippen LogP contribution in [0.5, 0.6) is 0 Å². The molecule has 2 N–H and O–H groups in total. The van der Waals surface area contributed by atoms with E-state index in [9.17, 15) is 4.79 Å². The Morgan fingerprint density at radius 3 is 2.71 bits per heavy atom. The second-order valence-corrected chi connectivity index (χ2v) is 12.4. The largest absolute Gasteiger partial charge is 0.376 e. The van der Waals surface area contributed by atoms with Crippen molar-refractivity contribution in [2.45, 2.75) is 95.6 Å². The fourth-order valence-electron chi connectivity index (χ4n) is 8.06. The summed E-state index contributed by atoms with van der Waals surface area (Å²) in [6.45, 7) is 8.46. The molecule has 1 aromatic carbocycles. The number of nitrogens with zero attached hydrogens (tertiary/aromatic N) is 1. The SMILES string of the molecule is CC1(C)C[C@@]2(CCC[NH+](Cc3nc4c(c(=O)[nH]3)C3(CCCCC3)Cc3ccccc3-4)C2)CCO1. The van der Waals surface area contributed by atoms with Crippen LogP contribution >= 0.6 is 0 Å². The summed E-state index contributed by atoms with van der Waals surface area (Å²) >= 11 is 0. The van der Waals surface area contributed by atoms with Crippen LogP contribution in [0, 0.1) is 5.41 Å². The topological polar surface area (TPSA) is 59.4 Å². The number of H-pyrrole nitrogens is 1. The monoisotopic (exact) mass is 462 g/mol. The third-order valence-electron chi connectivity index (χ3n) is 9.32. The third kappa shape index (κ3) is 3.95. The molecule has 2 atom stereocenters. The van der Waals surface area contributed by atoms with E-state index in [-0.39, 0.29) is 16.6 Å². The summed E-state index contributed by atoms with van der Waals surface area (Å²) in [5.74, 6) is 0.866. The summed E-state index contributed by atoms with van der Waals surface area (Å²) in [5.41, 5.74) is 4.92. The second kappa shape index (κ2) is 8.30. The third-order valence-corrected chi connectivity index (χ3v) is 9.32. The minimum atomic E-state index is -0.0310. The first-order valence-electron chi connectivity index (χ1n) is 13.6. The van der Waals surface area contributed by atoms with Crippen LogP contribution < -0.4 is 10.5 Å². The Balaban J connectivity index is 1.33. The molecule has 0 radical (unpaired) electrons. The normalized spacial score (nSPS) is 29.5. The zero-order valence-electron chi connectivity index (χ0n) is 21.0. The van der Waals surface area contributed by atoms with E-state index in [0.29, 0.717) is 5.41 Å². The number of hydrogen-bond donors (Lipinski definition) is 2. The Hall–Kier alpha value is -1.98. The standard InChI is InChI=1S/C29H39N3O2/c1-27(2)19-28(14-16-34-27)11-8-15-32(20-28)18-23-30-25-22-10-5-4-9-21(22)17-29(12-6-3-7-13-29)24(25)26(33)31-23/h4-5,9-10H,3,6-8,11-20H2,1-2H3,(H,30,31,33)/p+1/t28-/m1/s1. The Labute approximate surface area is 203 Å². The van der Waals surface area contributed by atoms with Gasteiger partial charge in [-0.25, -0.2) is 4.98 Å². The van der Waals surface area contributed by atoms with E-state index < -0.39 is 0 Å². The van der Waals surface area contributed by atoms with Gasteiger partial charge in [0.2, 0.25) is 0 Å². The van der Waals surface area contributed by atoms with Crippen LogP contribution in [0.15, 0.2) is 29.1 Å². The Morgan fingerprint density at radius 1 is 1.06 bits per heavy atom. The number of nitrogens with one attached hydrogen (secondary N) is 2. The highest BCUT2D eigenvalue weighted by molar-refractivity contribution is 5.71. The van der Waals surface area contributed by atoms with Gasteiger partial charge in [0.25, 0.3) is 5.56 Å². The summed E-state index contributed by atoms with van der Waals surface area (Å²) in [5, 5.41) is 0. The van der Waals surface area contributed by atoms with Crippen molar-refractivity contribution in [2.75, 3.05) is 19.7 Å². The van der Waals surface area contributed by atoms with Gasteiger partial charge in [0.1, 0.15) is 6.54 Å². The molecule has 2 aliphatic carbocycles.